The van der Waals surface area contributed by atoms with E-state index in [-0.39, 0.29) is 6.10 Å². The molecule has 0 aliphatic carbocycles. The van der Waals surface area contributed by atoms with Gasteiger partial charge in [-0.1, -0.05) is 0 Å². The molecule has 0 bridgehead atoms. The quantitative estimate of drug-likeness (QED) is 0.777. The average Bonchev–Trinajstić information content (AvgIpc) is 2.21. The van der Waals surface area contributed by atoms with Crippen LogP contribution >= 0.6 is 0 Å². The third-order valence-electron chi connectivity index (χ3n) is 2.56. The van der Waals surface area contributed by atoms with Crippen LogP contribution in [0.25, 0.3) is 0 Å². The number of nitrogen functional groups attached to an aromatic ring is 1. The first-order valence-electron chi connectivity index (χ1n) is 5.66. The average molecular weight is 222 g/mol. The Morgan fingerprint density at radius 1 is 1.38 bits per heavy atom. The highest BCUT2D eigenvalue weighted by Gasteiger charge is 2.05. The molecule has 3 nitrogen and oxygen atoms in total. The Labute approximate surface area is 98.2 Å². The van der Waals surface area contributed by atoms with Crippen molar-refractivity contribution in [2.75, 3.05) is 26.4 Å². The van der Waals surface area contributed by atoms with Gasteiger partial charge in [0, 0.05) is 12.2 Å². The van der Waals surface area contributed by atoms with Crippen LogP contribution in [0.1, 0.15) is 18.9 Å². The summed E-state index contributed by atoms with van der Waals surface area (Å²) < 4.78 is 5.82. The number of nitrogens with zero attached hydrogens (tertiary/aromatic N) is 1. The van der Waals surface area contributed by atoms with E-state index in [9.17, 15) is 0 Å². The minimum absolute atomic E-state index is 0.227. The minimum atomic E-state index is 0.227. The monoisotopic (exact) mass is 222 g/mol. The van der Waals surface area contributed by atoms with Gasteiger partial charge < -0.3 is 15.4 Å². The van der Waals surface area contributed by atoms with Crippen molar-refractivity contribution in [2.24, 2.45) is 0 Å². The van der Waals surface area contributed by atoms with Crippen molar-refractivity contribution in [1.82, 2.24) is 4.90 Å². The third kappa shape index (κ3) is 4.11. The summed E-state index contributed by atoms with van der Waals surface area (Å²) >= 11 is 0. The molecule has 1 rings (SSSR count). The fourth-order valence-electron chi connectivity index (χ4n) is 1.45. The third-order valence-corrected chi connectivity index (χ3v) is 2.56. The molecule has 0 radical (unpaired) electrons. The molecule has 1 aromatic rings. The maximum atomic E-state index is 5.82. The molecular formula is C13H22N2O. The van der Waals surface area contributed by atoms with Crippen molar-refractivity contribution in [3.63, 3.8) is 0 Å². The first kappa shape index (κ1) is 12.8. The molecule has 1 aromatic carbocycles. The Balaban J connectivity index is 2.49. The first-order chi connectivity index (χ1) is 7.49. The number of aryl methyl sites for hydroxylation is 1. The highest BCUT2D eigenvalue weighted by Crippen LogP contribution is 2.20. The zero-order valence-electron chi connectivity index (χ0n) is 10.7. The van der Waals surface area contributed by atoms with Crippen molar-refractivity contribution in [2.45, 2.75) is 26.4 Å². The zero-order chi connectivity index (χ0) is 12.1. The highest BCUT2D eigenvalue weighted by molar-refractivity contribution is 5.49. The predicted molar refractivity (Wildman–Crippen MR) is 68.9 cm³/mol. The van der Waals surface area contributed by atoms with Gasteiger partial charge in [-0.05, 0) is 58.1 Å². The molecule has 0 aliphatic heterocycles. The maximum Gasteiger partial charge on any atom is 0.120 e. The fraction of sp³-hybridized carbons (Fsp3) is 0.538. The van der Waals surface area contributed by atoms with Gasteiger partial charge >= 0.3 is 0 Å². The Kier molecular flexibility index (Phi) is 4.62. The van der Waals surface area contributed by atoms with Crippen LogP contribution in [0.4, 0.5) is 5.69 Å². The molecule has 3 heteroatoms. The van der Waals surface area contributed by atoms with Crippen molar-refractivity contribution < 1.29 is 4.74 Å². The van der Waals surface area contributed by atoms with Gasteiger partial charge in [-0.25, -0.2) is 0 Å². The second-order valence-corrected chi connectivity index (χ2v) is 4.54. The molecule has 0 amide bonds. The normalized spacial score (nSPS) is 12.8. The molecule has 16 heavy (non-hydrogen) atoms. The largest absolute Gasteiger partial charge is 0.491 e. The molecule has 1 unspecified atom stereocenters. The summed E-state index contributed by atoms with van der Waals surface area (Å²) in [5, 5.41) is 0. The molecule has 0 saturated heterocycles. The minimum Gasteiger partial charge on any atom is -0.491 e. The molecule has 0 aliphatic rings. The number of nitrogens with two attached hydrogens (primary N) is 1. The van der Waals surface area contributed by atoms with Crippen molar-refractivity contribution in [1.29, 1.82) is 0 Å². The zero-order valence-corrected chi connectivity index (χ0v) is 10.7. The van der Waals surface area contributed by atoms with E-state index in [1.54, 1.807) is 0 Å². The summed E-state index contributed by atoms with van der Waals surface area (Å²) in [6, 6.07) is 5.80. The molecule has 90 valence electrons. The van der Waals surface area contributed by atoms with Crippen molar-refractivity contribution in [3.05, 3.63) is 23.8 Å². The molecule has 2 N–H and O–H groups in total. The van der Waals surface area contributed by atoms with Crippen LogP contribution in [0.5, 0.6) is 5.75 Å². The van der Waals surface area contributed by atoms with E-state index in [1.165, 1.54) is 0 Å². The fourth-order valence-corrected chi connectivity index (χ4v) is 1.45. The van der Waals surface area contributed by atoms with E-state index in [0.717, 1.165) is 30.0 Å². The lowest BCUT2D eigenvalue weighted by Crippen LogP contribution is -2.21. The summed E-state index contributed by atoms with van der Waals surface area (Å²) in [5.41, 5.74) is 7.64. The van der Waals surface area contributed by atoms with Gasteiger partial charge in [-0.2, -0.15) is 0 Å². The van der Waals surface area contributed by atoms with E-state index >= 15 is 0 Å². The summed E-state index contributed by atoms with van der Waals surface area (Å²) in [6.07, 6.45) is 1.25. The van der Waals surface area contributed by atoms with Gasteiger partial charge in [0.15, 0.2) is 0 Å². The number of rotatable bonds is 5. The van der Waals surface area contributed by atoms with Crippen LogP contribution in [0.3, 0.4) is 0 Å². The number of hydrogen-bond acceptors (Lipinski definition) is 3. The van der Waals surface area contributed by atoms with Crippen LogP contribution in [0.15, 0.2) is 18.2 Å². The standard InChI is InChI=1S/C13H22N2O/c1-10-9-12(5-6-13(10)14)16-11(2)7-8-15(3)4/h5-6,9,11H,7-8,14H2,1-4H3. The number of hydrogen-bond donors (Lipinski definition) is 1. The predicted octanol–water partition coefficient (Wildman–Crippen LogP) is 2.30. The van der Waals surface area contributed by atoms with Crippen LogP contribution < -0.4 is 10.5 Å². The molecule has 1 atom stereocenters. The van der Waals surface area contributed by atoms with E-state index in [1.807, 2.05) is 25.1 Å². The highest BCUT2D eigenvalue weighted by atomic mass is 16.5. The van der Waals surface area contributed by atoms with Gasteiger partial charge in [0.05, 0.1) is 6.10 Å². The molecular weight excluding hydrogens is 200 g/mol. The lowest BCUT2D eigenvalue weighted by atomic mass is 10.2. The molecule has 0 aromatic heterocycles. The van der Waals surface area contributed by atoms with E-state index in [4.69, 9.17) is 10.5 Å². The molecule has 0 heterocycles. The summed E-state index contributed by atoms with van der Waals surface area (Å²) in [7, 11) is 4.14. The van der Waals surface area contributed by atoms with Crippen LogP contribution in [-0.4, -0.2) is 31.6 Å². The molecule has 0 fully saturated rings. The topological polar surface area (TPSA) is 38.5 Å². The summed E-state index contributed by atoms with van der Waals surface area (Å²) in [6.45, 7) is 5.12. The Morgan fingerprint density at radius 2 is 2.06 bits per heavy atom. The Morgan fingerprint density at radius 3 is 2.62 bits per heavy atom. The lowest BCUT2D eigenvalue weighted by Gasteiger charge is -2.17. The second kappa shape index (κ2) is 5.75. The Bertz CT molecular complexity index is 337. The van der Waals surface area contributed by atoms with Gasteiger partial charge in [0.2, 0.25) is 0 Å². The van der Waals surface area contributed by atoms with E-state index in [0.29, 0.717) is 0 Å². The van der Waals surface area contributed by atoms with Crippen LogP contribution in [0.2, 0.25) is 0 Å². The number of anilines is 1. The SMILES string of the molecule is Cc1cc(OC(C)CCN(C)C)ccc1N. The van der Waals surface area contributed by atoms with Gasteiger partial charge in [0.1, 0.15) is 5.75 Å². The first-order valence-corrected chi connectivity index (χ1v) is 5.66. The number of ether oxygens (including phenoxy) is 1. The molecule has 0 saturated carbocycles. The number of benzene rings is 1. The van der Waals surface area contributed by atoms with Crippen molar-refractivity contribution >= 4 is 5.69 Å². The van der Waals surface area contributed by atoms with Gasteiger partial charge in [0.25, 0.3) is 0 Å². The Hall–Kier alpha value is -1.22. The van der Waals surface area contributed by atoms with E-state index in [2.05, 4.69) is 25.9 Å². The summed E-state index contributed by atoms with van der Waals surface area (Å²) in [4.78, 5) is 2.16. The van der Waals surface area contributed by atoms with Crippen LogP contribution in [0, 0.1) is 6.92 Å². The van der Waals surface area contributed by atoms with Crippen molar-refractivity contribution in [3.8, 4) is 5.75 Å². The smallest absolute Gasteiger partial charge is 0.120 e. The van der Waals surface area contributed by atoms with Gasteiger partial charge in [-0.15, -0.1) is 0 Å². The lowest BCUT2D eigenvalue weighted by molar-refractivity contribution is 0.194. The molecule has 0 spiro atoms. The second-order valence-electron chi connectivity index (χ2n) is 4.54. The van der Waals surface area contributed by atoms with Gasteiger partial charge in [-0.3, -0.25) is 0 Å². The maximum absolute atomic E-state index is 5.82. The van der Waals surface area contributed by atoms with E-state index < -0.39 is 0 Å². The van der Waals surface area contributed by atoms with Crippen LogP contribution in [-0.2, 0) is 0 Å². The summed E-state index contributed by atoms with van der Waals surface area (Å²) in [5.74, 6) is 0.901.